The molecule has 0 atom stereocenters. The summed E-state index contributed by atoms with van der Waals surface area (Å²) in [5.41, 5.74) is -0.0126. The Morgan fingerprint density at radius 1 is 1.33 bits per heavy atom. The summed E-state index contributed by atoms with van der Waals surface area (Å²) < 4.78 is 0. The van der Waals surface area contributed by atoms with Gasteiger partial charge in [0.15, 0.2) is 0 Å². The van der Waals surface area contributed by atoms with Gasteiger partial charge in [0.2, 0.25) is 5.28 Å². The Morgan fingerprint density at radius 2 is 1.93 bits per heavy atom. The van der Waals surface area contributed by atoms with Crippen molar-refractivity contribution in [2.24, 2.45) is 0 Å². The predicted molar refractivity (Wildman–Crippen MR) is 64.7 cm³/mol. The first kappa shape index (κ1) is 12.5. The molecule has 1 heterocycles. The second kappa shape index (κ2) is 4.99. The Kier molecular flexibility index (Phi) is 4.17. The van der Waals surface area contributed by atoms with Crippen molar-refractivity contribution in [3.05, 3.63) is 16.5 Å². The van der Waals surface area contributed by atoms with Gasteiger partial charge in [-0.15, -0.1) is 0 Å². The molecule has 0 radical (unpaired) electrons. The highest BCUT2D eigenvalue weighted by molar-refractivity contribution is 6.33. The van der Waals surface area contributed by atoms with E-state index in [4.69, 9.17) is 23.2 Å². The van der Waals surface area contributed by atoms with Gasteiger partial charge in [0.05, 0.1) is 6.20 Å². The summed E-state index contributed by atoms with van der Waals surface area (Å²) in [5, 5.41) is 3.99. The van der Waals surface area contributed by atoms with E-state index in [1.807, 2.05) is 0 Å². The van der Waals surface area contributed by atoms with E-state index in [9.17, 15) is 0 Å². The van der Waals surface area contributed by atoms with E-state index in [-0.39, 0.29) is 10.8 Å². The zero-order chi connectivity index (χ0) is 11.5. The fourth-order valence-electron chi connectivity index (χ4n) is 1.15. The highest BCUT2D eigenvalue weighted by Gasteiger charge is 2.21. The summed E-state index contributed by atoms with van der Waals surface area (Å²) in [6.45, 7) is 6.36. The molecule has 0 spiro atoms. The van der Waals surface area contributed by atoms with E-state index >= 15 is 0 Å². The third-order valence-electron chi connectivity index (χ3n) is 2.70. The molecule has 15 heavy (non-hydrogen) atoms. The van der Waals surface area contributed by atoms with Gasteiger partial charge in [-0.3, -0.25) is 0 Å². The Bertz CT molecular complexity index is 337. The second-order valence-corrected chi connectivity index (χ2v) is 4.47. The van der Waals surface area contributed by atoms with Crippen LogP contribution in [-0.4, -0.2) is 15.5 Å². The van der Waals surface area contributed by atoms with Crippen molar-refractivity contribution >= 4 is 29.0 Å². The SMILES string of the molecule is CCC(C)(CC)Nc1nc(Cl)ncc1Cl. The van der Waals surface area contributed by atoms with Crippen molar-refractivity contribution in [2.75, 3.05) is 5.32 Å². The third-order valence-corrected chi connectivity index (χ3v) is 3.15. The maximum Gasteiger partial charge on any atom is 0.224 e. The lowest BCUT2D eigenvalue weighted by Gasteiger charge is -2.29. The normalized spacial score (nSPS) is 11.5. The minimum Gasteiger partial charge on any atom is -0.364 e. The molecule has 0 saturated carbocycles. The highest BCUT2D eigenvalue weighted by atomic mass is 35.5. The van der Waals surface area contributed by atoms with Gasteiger partial charge in [-0.2, -0.15) is 4.98 Å². The number of nitrogens with one attached hydrogen (secondary N) is 1. The molecule has 5 heteroatoms. The Balaban J connectivity index is 2.92. The summed E-state index contributed by atoms with van der Waals surface area (Å²) in [6, 6.07) is 0. The molecule has 1 aromatic heterocycles. The number of rotatable bonds is 4. The Hall–Kier alpha value is -0.540. The van der Waals surface area contributed by atoms with E-state index in [1.54, 1.807) is 0 Å². The molecular formula is C10H15Cl2N3. The topological polar surface area (TPSA) is 37.8 Å². The summed E-state index contributed by atoms with van der Waals surface area (Å²) in [6.07, 6.45) is 3.48. The molecular weight excluding hydrogens is 233 g/mol. The molecule has 0 aromatic carbocycles. The van der Waals surface area contributed by atoms with Crippen LogP contribution in [0, 0.1) is 0 Å². The van der Waals surface area contributed by atoms with Crippen molar-refractivity contribution in [2.45, 2.75) is 39.2 Å². The van der Waals surface area contributed by atoms with Crippen LogP contribution in [0.5, 0.6) is 0 Å². The first-order valence-corrected chi connectivity index (χ1v) is 5.72. The first-order chi connectivity index (χ1) is 7.00. The molecule has 3 nitrogen and oxygen atoms in total. The van der Waals surface area contributed by atoms with E-state index in [2.05, 4.69) is 36.1 Å². The molecule has 84 valence electrons. The van der Waals surface area contributed by atoms with Crippen LogP contribution in [0.15, 0.2) is 6.20 Å². The van der Waals surface area contributed by atoms with Crippen molar-refractivity contribution < 1.29 is 0 Å². The van der Waals surface area contributed by atoms with Gasteiger partial charge in [0.1, 0.15) is 10.8 Å². The second-order valence-electron chi connectivity index (χ2n) is 3.73. The zero-order valence-electron chi connectivity index (χ0n) is 9.14. The van der Waals surface area contributed by atoms with Gasteiger partial charge < -0.3 is 5.32 Å². The molecule has 0 amide bonds. The van der Waals surface area contributed by atoms with Crippen LogP contribution in [0.3, 0.4) is 0 Å². The largest absolute Gasteiger partial charge is 0.364 e. The standard InChI is InChI=1S/C10H15Cl2N3/c1-4-10(3,5-2)15-8-7(11)6-13-9(12)14-8/h6H,4-5H2,1-3H3,(H,13,14,15). The lowest BCUT2D eigenvalue weighted by atomic mass is 9.96. The quantitative estimate of drug-likeness (QED) is 0.824. The summed E-state index contributed by atoms with van der Waals surface area (Å²) >= 11 is 11.7. The zero-order valence-corrected chi connectivity index (χ0v) is 10.7. The van der Waals surface area contributed by atoms with Gasteiger partial charge >= 0.3 is 0 Å². The number of halogens is 2. The van der Waals surface area contributed by atoms with Crippen molar-refractivity contribution in [1.29, 1.82) is 0 Å². The van der Waals surface area contributed by atoms with Crippen LogP contribution in [0.25, 0.3) is 0 Å². The number of hydrogen-bond acceptors (Lipinski definition) is 3. The highest BCUT2D eigenvalue weighted by Crippen LogP contribution is 2.26. The predicted octanol–water partition coefficient (Wildman–Crippen LogP) is 3.77. The number of aromatic nitrogens is 2. The molecule has 0 fully saturated rings. The minimum atomic E-state index is -0.0126. The van der Waals surface area contributed by atoms with Crippen molar-refractivity contribution in [3.8, 4) is 0 Å². The molecule has 0 aliphatic carbocycles. The fraction of sp³-hybridized carbons (Fsp3) is 0.600. The van der Waals surface area contributed by atoms with Crippen molar-refractivity contribution in [3.63, 3.8) is 0 Å². The van der Waals surface area contributed by atoms with Crippen LogP contribution in [-0.2, 0) is 0 Å². The lowest BCUT2D eigenvalue weighted by Crippen LogP contribution is -2.33. The molecule has 0 bridgehead atoms. The minimum absolute atomic E-state index is 0.0126. The van der Waals surface area contributed by atoms with E-state index in [0.717, 1.165) is 12.8 Å². The first-order valence-electron chi connectivity index (χ1n) is 4.97. The van der Waals surface area contributed by atoms with Crippen LogP contribution < -0.4 is 5.32 Å². The fourth-order valence-corrected chi connectivity index (χ4v) is 1.42. The summed E-state index contributed by atoms with van der Waals surface area (Å²) in [4.78, 5) is 7.87. The third kappa shape index (κ3) is 3.21. The molecule has 0 aliphatic heterocycles. The molecule has 0 aliphatic rings. The van der Waals surface area contributed by atoms with Gasteiger partial charge in [0, 0.05) is 5.54 Å². The van der Waals surface area contributed by atoms with Gasteiger partial charge in [0.25, 0.3) is 0 Å². The smallest absolute Gasteiger partial charge is 0.224 e. The number of hydrogen-bond donors (Lipinski definition) is 1. The van der Waals surface area contributed by atoms with Gasteiger partial charge in [-0.1, -0.05) is 25.4 Å². The number of anilines is 1. The molecule has 0 saturated heterocycles. The Labute approximate surface area is 100 Å². The summed E-state index contributed by atoms with van der Waals surface area (Å²) in [5.74, 6) is 0.600. The van der Waals surface area contributed by atoms with E-state index < -0.39 is 0 Å². The van der Waals surface area contributed by atoms with Gasteiger partial charge in [-0.25, -0.2) is 4.98 Å². The Morgan fingerprint density at radius 3 is 2.47 bits per heavy atom. The van der Waals surface area contributed by atoms with Crippen molar-refractivity contribution in [1.82, 2.24) is 9.97 Å². The number of nitrogens with zero attached hydrogens (tertiary/aromatic N) is 2. The average molecular weight is 248 g/mol. The van der Waals surface area contributed by atoms with Crippen LogP contribution >= 0.6 is 23.2 Å². The average Bonchev–Trinajstić information content (AvgIpc) is 2.23. The monoisotopic (exact) mass is 247 g/mol. The van der Waals surface area contributed by atoms with Crippen LogP contribution in [0.2, 0.25) is 10.3 Å². The maximum absolute atomic E-state index is 5.97. The van der Waals surface area contributed by atoms with Crippen LogP contribution in [0.4, 0.5) is 5.82 Å². The van der Waals surface area contributed by atoms with E-state index in [1.165, 1.54) is 6.20 Å². The maximum atomic E-state index is 5.97. The lowest BCUT2D eigenvalue weighted by molar-refractivity contribution is 0.476. The molecule has 0 unspecified atom stereocenters. The van der Waals surface area contributed by atoms with E-state index in [0.29, 0.717) is 10.8 Å². The molecule has 1 N–H and O–H groups in total. The van der Waals surface area contributed by atoms with Gasteiger partial charge in [-0.05, 0) is 31.4 Å². The summed E-state index contributed by atoms with van der Waals surface area (Å²) in [7, 11) is 0. The molecule has 1 rings (SSSR count). The van der Waals surface area contributed by atoms with Crippen LogP contribution in [0.1, 0.15) is 33.6 Å². The molecule has 1 aromatic rings.